The van der Waals surface area contributed by atoms with E-state index in [1.54, 1.807) is 19.9 Å². The predicted molar refractivity (Wildman–Crippen MR) is 68.6 cm³/mol. The van der Waals surface area contributed by atoms with Crippen molar-refractivity contribution in [1.29, 1.82) is 0 Å². The average molecular weight is 256 g/mol. The summed E-state index contributed by atoms with van der Waals surface area (Å²) in [5, 5.41) is 10.4. The highest BCUT2D eigenvalue weighted by Gasteiger charge is 2.26. The summed E-state index contributed by atoms with van der Waals surface area (Å²) in [6.45, 7) is 5.34. The minimum absolute atomic E-state index is 0.227. The lowest BCUT2D eigenvalue weighted by atomic mass is 9.98. The number of halogens is 1. The number of hydrogen-bond donors (Lipinski definition) is 1. The molecular formula is C13H18ClNO2. The van der Waals surface area contributed by atoms with E-state index in [1.165, 1.54) is 0 Å². The molecule has 0 saturated carbocycles. The van der Waals surface area contributed by atoms with Crippen LogP contribution in [0.4, 0.5) is 0 Å². The van der Waals surface area contributed by atoms with Gasteiger partial charge in [0.15, 0.2) is 0 Å². The van der Waals surface area contributed by atoms with Gasteiger partial charge in [-0.05, 0) is 38.6 Å². The van der Waals surface area contributed by atoms with Crippen molar-refractivity contribution in [1.82, 2.24) is 4.90 Å². The van der Waals surface area contributed by atoms with Gasteiger partial charge in [-0.15, -0.1) is 0 Å². The van der Waals surface area contributed by atoms with Gasteiger partial charge in [0.1, 0.15) is 11.9 Å². The normalized spacial score (nSPS) is 17.9. The summed E-state index contributed by atoms with van der Waals surface area (Å²) in [4.78, 5) is 2.18. The van der Waals surface area contributed by atoms with Crippen LogP contribution in [0.2, 0.25) is 5.02 Å². The minimum atomic E-state index is -0.876. The molecule has 4 heteroatoms. The van der Waals surface area contributed by atoms with Gasteiger partial charge in [-0.3, -0.25) is 4.90 Å². The Morgan fingerprint density at radius 2 is 2.06 bits per heavy atom. The number of nitrogens with zero attached hydrogens (tertiary/aromatic N) is 1. The minimum Gasteiger partial charge on any atom is -0.486 e. The Bertz CT molecular complexity index is 408. The van der Waals surface area contributed by atoms with Crippen LogP contribution in [-0.2, 0) is 5.60 Å². The Kier molecular flexibility index (Phi) is 3.34. The maximum absolute atomic E-state index is 9.87. The second-order valence-electron chi connectivity index (χ2n) is 5.17. The van der Waals surface area contributed by atoms with Crippen molar-refractivity contribution < 1.29 is 9.84 Å². The molecule has 1 aromatic rings. The summed E-state index contributed by atoms with van der Waals surface area (Å²) in [5.41, 5.74) is -0.0839. The van der Waals surface area contributed by atoms with Crippen LogP contribution in [0.5, 0.6) is 5.75 Å². The third-order valence-corrected chi connectivity index (χ3v) is 3.26. The first-order chi connectivity index (χ1) is 7.86. The lowest BCUT2D eigenvalue weighted by molar-refractivity contribution is 0.0387. The SMILES string of the molecule is CN1CC(Oc2ccc(C(C)(C)O)cc2Cl)C1. The van der Waals surface area contributed by atoms with Crippen molar-refractivity contribution in [2.24, 2.45) is 0 Å². The molecular weight excluding hydrogens is 238 g/mol. The third kappa shape index (κ3) is 2.92. The summed E-state index contributed by atoms with van der Waals surface area (Å²) in [5.74, 6) is 0.692. The molecule has 0 aliphatic carbocycles. The largest absolute Gasteiger partial charge is 0.486 e. The van der Waals surface area contributed by atoms with Gasteiger partial charge in [0.25, 0.3) is 0 Å². The number of rotatable bonds is 3. The number of aliphatic hydroxyl groups is 1. The van der Waals surface area contributed by atoms with E-state index in [2.05, 4.69) is 11.9 Å². The molecule has 1 heterocycles. The van der Waals surface area contributed by atoms with Gasteiger partial charge in [0.2, 0.25) is 0 Å². The topological polar surface area (TPSA) is 32.7 Å². The molecule has 3 nitrogen and oxygen atoms in total. The fraction of sp³-hybridized carbons (Fsp3) is 0.538. The Hall–Kier alpha value is -0.770. The van der Waals surface area contributed by atoms with E-state index in [9.17, 15) is 5.11 Å². The first-order valence-electron chi connectivity index (χ1n) is 5.74. The molecule has 0 aromatic heterocycles. The summed E-state index contributed by atoms with van der Waals surface area (Å²) >= 11 is 6.15. The highest BCUT2D eigenvalue weighted by atomic mass is 35.5. The van der Waals surface area contributed by atoms with E-state index in [4.69, 9.17) is 16.3 Å². The molecule has 1 N–H and O–H groups in total. The van der Waals surface area contributed by atoms with Crippen LogP contribution in [0.25, 0.3) is 0 Å². The second kappa shape index (κ2) is 4.48. The van der Waals surface area contributed by atoms with Crippen LogP contribution in [0, 0.1) is 0 Å². The summed E-state index contributed by atoms with van der Waals surface area (Å²) in [6, 6.07) is 5.44. The zero-order valence-electron chi connectivity index (χ0n) is 10.4. The van der Waals surface area contributed by atoms with Gasteiger partial charge in [0, 0.05) is 13.1 Å². The lowest BCUT2D eigenvalue weighted by Crippen LogP contribution is -2.51. The Morgan fingerprint density at radius 1 is 1.41 bits per heavy atom. The van der Waals surface area contributed by atoms with E-state index in [0.29, 0.717) is 10.8 Å². The Labute approximate surface area is 107 Å². The molecule has 1 aromatic carbocycles. The molecule has 0 amide bonds. The predicted octanol–water partition coefficient (Wildman–Crippen LogP) is 2.26. The van der Waals surface area contributed by atoms with Crippen LogP contribution < -0.4 is 4.74 Å². The molecule has 94 valence electrons. The molecule has 1 aliphatic rings. The zero-order chi connectivity index (χ0) is 12.6. The molecule has 0 radical (unpaired) electrons. The fourth-order valence-corrected chi connectivity index (χ4v) is 2.10. The molecule has 2 rings (SSSR count). The van der Waals surface area contributed by atoms with Gasteiger partial charge < -0.3 is 9.84 Å². The van der Waals surface area contributed by atoms with E-state index < -0.39 is 5.60 Å². The standard InChI is InChI=1S/C13H18ClNO2/c1-13(2,16)9-4-5-12(11(14)6-9)17-10-7-15(3)8-10/h4-6,10,16H,7-8H2,1-3H3. The van der Waals surface area contributed by atoms with E-state index >= 15 is 0 Å². The molecule has 0 spiro atoms. The lowest BCUT2D eigenvalue weighted by Gasteiger charge is -2.36. The van der Waals surface area contributed by atoms with E-state index in [0.717, 1.165) is 18.7 Å². The maximum Gasteiger partial charge on any atom is 0.138 e. The quantitative estimate of drug-likeness (QED) is 0.899. The highest BCUT2D eigenvalue weighted by molar-refractivity contribution is 6.32. The van der Waals surface area contributed by atoms with E-state index in [1.807, 2.05) is 12.1 Å². The summed E-state index contributed by atoms with van der Waals surface area (Å²) in [6.07, 6.45) is 0.227. The Balaban J connectivity index is 2.09. The first-order valence-corrected chi connectivity index (χ1v) is 6.11. The van der Waals surface area contributed by atoms with Crippen molar-refractivity contribution in [3.63, 3.8) is 0 Å². The molecule has 17 heavy (non-hydrogen) atoms. The van der Waals surface area contributed by atoms with Crippen molar-refractivity contribution in [3.8, 4) is 5.75 Å². The molecule has 0 unspecified atom stereocenters. The number of likely N-dealkylation sites (N-methyl/N-ethyl adjacent to an activating group) is 1. The molecule has 1 aliphatic heterocycles. The molecule has 0 atom stereocenters. The van der Waals surface area contributed by atoms with Crippen molar-refractivity contribution in [2.45, 2.75) is 25.6 Å². The van der Waals surface area contributed by atoms with Crippen LogP contribution >= 0.6 is 11.6 Å². The number of hydrogen-bond acceptors (Lipinski definition) is 3. The maximum atomic E-state index is 9.87. The fourth-order valence-electron chi connectivity index (χ4n) is 1.87. The van der Waals surface area contributed by atoms with Gasteiger partial charge in [-0.1, -0.05) is 17.7 Å². The van der Waals surface area contributed by atoms with Crippen LogP contribution in [0.3, 0.4) is 0 Å². The summed E-state index contributed by atoms with van der Waals surface area (Å²) < 4.78 is 5.76. The van der Waals surface area contributed by atoms with E-state index in [-0.39, 0.29) is 6.10 Å². The number of ether oxygens (including phenoxy) is 1. The third-order valence-electron chi connectivity index (χ3n) is 2.96. The van der Waals surface area contributed by atoms with Gasteiger partial charge in [-0.2, -0.15) is 0 Å². The summed E-state index contributed by atoms with van der Waals surface area (Å²) in [7, 11) is 2.05. The van der Waals surface area contributed by atoms with Crippen LogP contribution in [0.1, 0.15) is 19.4 Å². The average Bonchev–Trinajstić information content (AvgIpc) is 2.16. The Morgan fingerprint density at radius 3 is 2.53 bits per heavy atom. The smallest absolute Gasteiger partial charge is 0.138 e. The second-order valence-corrected chi connectivity index (χ2v) is 5.57. The van der Waals surface area contributed by atoms with Crippen molar-refractivity contribution >= 4 is 11.6 Å². The van der Waals surface area contributed by atoms with Crippen molar-refractivity contribution in [2.75, 3.05) is 20.1 Å². The molecule has 0 bridgehead atoms. The number of benzene rings is 1. The monoisotopic (exact) mass is 255 g/mol. The van der Waals surface area contributed by atoms with Crippen LogP contribution in [0.15, 0.2) is 18.2 Å². The molecule has 1 saturated heterocycles. The van der Waals surface area contributed by atoms with Gasteiger partial charge in [-0.25, -0.2) is 0 Å². The van der Waals surface area contributed by atoms with Gasteiger partial charge in [0.05, 0.1) is 10.6 Å². The highest BCUT2D eigenvalue weighted by Crippen LogP contribution is 2.31. The van der Waals surface area contributed by atoms with Gasteiger partial charge >= 0.3 is 0 Å². The van der Waals surface area contributed by atoms with Crippen molar-refractivity contribution in [3.05, 3.63) is 28.8 Å². The first kappa shape index (κ1) is 12.7. The molecule has 1 fully saturated rings. The number of likely N-dealkylation sites (tertiary alicyclic amines) is 1. The zero-order valence-corrected chi connectivity index (χ0v) is 11.2. The van der Waals surface area contributed by atoms with Crippen LogP contribution in [-0.4, -0.2) is 36.2 Å².